The summed E-state index contributed by atoms with van der Waals surface area (Å²) in [6, 6.07) is 5.61. The standard InChI is InChI=1S/C17H23ClN2O/c1-12-10-15(18)6-7-16(12)19-17(21)20-9-8-13-4-2-3-5-14(13)11-20/h6-7,10,13-14H,2-5,8-9,11H2,1H3,(H,19,21)/t13-,14+/m0/s1. The van der Waals surface area contributed by atoms with Gasteiger partial charge in [-0.2, -0.15) is 0 Å². The van der Waals surface area contributed by atoms with Gasteiger partial charge in [-0.05, 0) is 55.4 Å². The van der Waals surface area contributed by atoms with E-state index in [1.54, 1.807) is 0 Å². The highest BCUT2D eigenvalue weighted by atomic mass is 35.5. The van der Waals surface area contributed by atoms with E-state index in [0.29, 0.717) is 10.9 Å². The van der Waals surface area contributed by atoms with Gasteiger partial charge in [-0.25, -0.2) is 4.79 Å². The maximum Gasteiger partial charge on any atom is 0.321 e. The Hall–Kier alpha value is -1.22. The lowest BCUT2D eigenvalue weighted by Gasteiger charge is -2.41. The topological polar surface area (TPSA) is 32.3 Å². The van der Waals surface area contributed by atoms with Crippen molar-refractivity contribution in [3.8, 4) is 0 Å². The molecule has 1 aliphatic carbocycles. The Bertz CT molecular complexity index is 532. The molecule has 1 saturated carbocycles. The number of benzene rings is 1. The van der Waals surface area contributed by atoms with Crippen molar-refractivity contribution in [3.63, 3.8) is 0 Å². The van der Waals surface area contributed by atoms with Crippen molar-refractivity contribution in [1.82, 2.24) is 4.90 Å². The monoisotopic (exact) mass is 306 g/mol. The molecule has 2 aliphatic rings. The molecule has 2 amide bonds. The number of hydrogen-bond donors (Lipinski definition) is 1. The number of anilines is 1. The van der Waals surface area contributed by atoms with Crippen LogP contribution >= 0.6 is 11.6 Å². The average Bonchev–Trinajstić information content (AvgIpc) is 2.49. The maximum atomic E-state index is 12.5. The fourth-order valence-electron chi connectivity index (χ4n) is 3.75. The van der Waals surface area contributed by atoms with Gasteiger partial charge in [0.2, 0.25) is 0 Å². The molecule has 3 nitrogen and oxygen atoms in total. The van der Waals surface area contributed by atoms with Gasteiger partial charge in [0.05, 0.1) is 0 Å². The van der Waals surface area contributed by atoms with Gasteiger partial charge in [-0.15, -0.1) is 0 Å². The molecule has 2 fully saturated rings. The Morgan fingerprint density at radius 2 is 2.00 bits per heavy atom. The molecule has 0 aromatic heterocycles. The lowest BCUT2D eigenvalue weighted by molar-refractivity contribution is 0.108. The van der Waals surface area contributed by atoms with Crippen LogP contribution < -0.4 is 5.32 Å². The number of piperidine rings is 1. The molecule has 0 spiro atoms. The van der Waals surface area contributed by atoms with Crippen LogP contribution in [-0.4, -0.2) is 24.0 Å². The van der Waals surface area contributed by atoms with Gasteiger partial charge in [0, 0.05) is 23.8 Å². The number of nitrogens with one attached hydrogen (secondary N) is 1. The Morgan fingerprint density at radius 1 is 1.24 bits per heavy atom. The number of likely N-dealkylation sites (tertiary alicyclic amines) is 1. The van der Waals surface area contributed by atoms with Gasteiger partial charge in [0.1, 0.15) is 0 Å². The number of nitrogens with zero attached hydrogens (tertiary/aromatic N) is 1. The summed E-state index contributed by atoms with van der Waals surface area (Å²) in [4.78, 5) is 14.4. The molecule has 1 saturated heterocycles. The largest absolute Gasteiger partial charge is 0.324 e. The predicted octanol–water partition coefficient (Wildman–Crippen LogP) is 4.69. The van der Waals surface area contributed by atoms with Crippen LogP contribution in [0.5, 0.6) is 0 Å². The maximum absolute atomic E-state index is 12.5. The fourth-order valence-corrected chi connectivity index (χ4v) is 3.97. The van der Waals surface area contributed by atoms with Gasteiger partial charge in [0.25, 0.3) is 0 Å². The Balaban J connectivity index is 1.63. The molecule has 1 aromatic rings. The predicted molar refractivity (Wildman–Crippen MR) is 86.8 cm³/mol. The molecular formula is C17H23ClN2O. The minimum Gasteiger partial charge on any atom is -0.324 e. The first kappa shape index (κ1) is 14.7. The Labute approximate surface area is 131 Å². The van der Waals surface area contributed by atoms with Gasteiger partial charge in [-0.3, -0.25) is 0 Å². The molecule has 21 heavy (non-hydrogen) atoms. The van der Waals surface area contributed by atoms with Crippen LogP contribution in [0, 0.1) is 18.8 Å². The lowest BCUT2D eigenvalue weighted by atomic mass is 9.75. The molecule has 4 heteroatoms. The number of carbonyl (C=O) groups excluding carboxylic acids is 1. The zero-order valence-electron chi connectivity index (χ0n) is 12.6. The summed E-state index contributed by atoms with van der Waals surface area (Å²) in [5.41, 5.74) is 1.86. The number of urea groups is 1. The number of rotatable bonds is 1. The molecule has 0 unspecified atom stereocenters. The third-order valence-electron chi connectivity index (χ3n) is 5.01. The zero-order valence-corrected chi connectivity index (χ0v) is 13.3. The van der Waals surface area contributed by atoms with Crippen molar-refractivity contribution < 1.29 is 4.79 Å². The lowest BCUT2D eigenvalue weighted by Crippen LogP contribution is -2.46. The number of carbonyl (C=O) groups is 1. The van der Waals surface area contributed by atoms with Crippen molar-refractivity contribution in [2.45, 2.75) is 39.0 Å². The molecule has 1 N–H and O–H groups in total. The molecule has 0 radical (unpaired) electrons. The van der Waals surface area contributed by atoms with Crippen LogP contribution in [0.25, 0.3) is 0 Å². The van der Waals surface area contributed by atoms with Crippen molar-refractivity contribution in [2.24, 2.45) is 11.8 Å². The molecule has 1 aromatic carbocycles. The van der Waals surface area contributed by atoms with Gasteiger partial charge in [-0.1, -0.05) is 30.9 Å². The number of halogens is 1. The summed E-state index contributed by atoms with van der Waals surface area (Å²) in [6.07, 6.45) is 6.51. The highest BCUT2D eigenvalue weighted by molar-refractivity contribution is 6.30. The third-order valence-corrected chi connectivity index (χ3v) is 5.24. The summed E-state index contributed by atoms with van der Waals surface area (Å²) in [5.74, 6) is 1.56. The highest BCUT2D eigenvalue weighted by Crippen LogP contribution is 2.36. The first-order valence-corrected chi connectivity index (χ1v) is 8.33. The fraction of sp³-hybridized carbons (Fsp3) is 0.588. The number of hydrogen-bond acceptors (Lipinski definition) is 1. The smallest absolute Gasteiger partial charge is 0.321 e. The molecular weight excluding hydrogens is 284 g/mol. The third kappa shape index (κ3) is 3.34. The van der Waals surface area contributed by atoms with E-state index in [4.69, 9.17) is 11.6 Å². The Kier molecular flexibility index (Phi) is 4.39. The second kappa shape index (κ2) is 6.27. The number of fused-ring (bicyclic) bond motifs is 1. The quantitative estimate of drug-likeness (QED) is 0.802. The zero-order chi connectivity index (χ0) is 14.8. The van der Waals surface area contributed by atoms with Crippen LogP contribution in [0.2, 0.25) is 5.02 Å². The first-order valence-electron chi connectivity index (χ1n) is 7.95. The van der Waals surface area contributed by atoms with E-state index in [9.17, 15) is 4.79 Å². The summed E-state index contributed by atoms with van der Waals surface area (Å²) in [5, 5.41) is 3.73. The van der Waals surface area contributed by atoms with E-state index >= 15 is 0 Å². The number of amides is 2. The number of aryl methyl sites for hydroxylation is 1. The minimum atomic E-state index is 0.0319. The summed E-state index contributed by atoms with van der Waals surface area (Å²) in [6.45, 7) is 3.78. The van der Waals surface area contributed by atoms with Crippen LogP contribution in [0.4, 0.5) is 10.5 Å². The normalized spacial score (nSPS) is 25.3. The molecule has 1 aliphatic heterocycles. The molecule has 3 rings (SSSR count). The second-order valence-electron chi connectivity index (χ2n) is 6.43. The van der Waals surface area contributed by atoms with Gasteiger partial charge in [0.15, 0.2) is 0 Å². The van der Waals surface area contributed by atoms with Crippen molar-refractivity contribution in [3.05, 3.63) is 28.8 Å². The van der Waals surface area contributed by atoms with E-state index < -0.39 is 0 Å². The van der Waals surface area contributed by atoms with Crippen LogP contribution in [0.15, 0.2) is 18.2 Å². The average molecular weight is 307 g/mol. The molecule has 2 atom stereocenters. The van der Waals surface area contributed by atoms with Gasteiger partial charge >= 0.3 is 6.03 Å². The van der Waals surface area contributed by atoms with Gasteiger partial charge < -0.3 is 10.2 Å². The Morgan fingerprint density at radius 3 is 2.76 bits per heavy atom. The minimum absolute atomic E-state index is 0.0319. The summed E-state index contributed by atoms with van der Waals surface area (Å²) >= 11 is 5.96. The van der Waals surface area contributed by atoms with E-state index in [2.05, 4.69) is 5.32 Å². The van der Waals surface area contributed by atoms with Crippen molar-refractivity contribution in [1.29, 1.82) is 0 Å². The van der Waals surface area contributed by atoms with Crippen molar-refractivity contribution in [2.75, 3.05) is 18.4 Å². The van der Waals surface area contributed by atoms with E-state index in [0.717, 1.165) is 36.7 Å². The molecule has 0 bridgehead atoms. The van der Waals surface area contributed by atoms with E-state index in [1.807, 2.05) is 30.0 Å². The van der Waals surface area contributed by atoms with Crippen LogP contribution in [-0.2, 0) is 0 Å². The van der Waals surface area contributed by atoms with Crippen LogP contribution in [0.1, 0.15) is 37.7 Å². The van der Waals surface area contributed by atoms with Crippen LogP contribution in [0.3, 0.4) is 0 Å². The molecule has 1 heterocycles. The van der Waals surface area contributed by atoms with Crippen molar-refractivity contribution >= 4 is 23.3 Å². The second-order valence-corrected chi connectivity index (χ2v) is 6.87. The van der Waals surface area contributed by atoms with E-state index in [-0.39, 0.29) is 6.03 Å². The SMILES string of the molecule is Cc1cc(Cl)ccc1NC(=O)N1CC[C@@H]2CCCC[C@@H]2C1. The first-order chi connectivity index (χ1) is 10.1. The summed E-state index contributed by atoms with van der Waals surface area (Å²) in [7, 11) is 0. The van der Waals surface area contributed by atoms with E-state index in [1.165, 1.54) is 25.7 Å². The molecule has 114 valence electrons. The summed E-state index contributed by atoms with van der Waals surface area (Å²) < 4.78 is 0. The highest BCUT2D eigenvalue weighted by Gasteiger charge is 2.32.